The van der Waals surface area contributed by atoms with E-state index in [-0.39, 0.29) is 11.3 Å². The molecule has 4 aromatic carbocycles. The average molecular weight is 586 g/mol. The van der Waals surface area contributed by atoms with Gasteiger partial charge >= 0.3 is 0 Å². The topological polar surface area (TPSA) is 33.4 Å². The molecular weight excluding hydrogens is 548 g/mol. The molecule has 0 radical (unpaired) electrons. The third-order valence-corrected chi connectivity index (χ3v) is 8.93. The van der Waals surface area contributed by atoms with Gasteiger partial charge in [-0.1, -0.05) is 98.0 Å². The highest BCUT2D eigenvalue weighted by Gasteiger charge is 2.27. The first-order valence-corrected chi connectivity index (χ1v) is 15.6. The molecule has 216 valence electrons. The summed E-state index contributed by atoms with van der Waals surface area (Å²) in [5.74, 6) is 0.910. The van der Waals surface area contributed by atoms with E-state index in [1.54, 1.807) is 11.8 Å². The van der Waals surface area contributed by atoms with E-state index >= 15 is 0 Å². The lowest BCUT2D eigenvalue weighted by molar-refractivity contribution is -0.669. The van der Waals surface area contributed by atoms with Gasteiger partial charge in [-0.25, -0.2) is 0 Å². The fraction of sp³-hybridized carbons (Fsp3) is 0.211. The van der Waals surface area contributed by atoms with Crippen molar-refractivity contribution in [2.45, 2.75) is 40.2 Å². The van der Waals surface area contributed by atoms with Crippen molar-refractivity contribution in [3.8, 4) is 5.75 Å². The van der Waals surface area contributed by atoms with Crippen LogP contribution in [-0.2, 0) is 11.3 Å². The smallest absolute Gasteiger partial charge is 0.263 e. The Kier molecular flexibility index (Phi) is 8.26. The lowest BCUT2D eigenvalue weighted by atomic mass is 9.75. The van der Waals surface area contributed by atoms with E-state index in [1.807, 2.05) is 47.9 Å². The van der Waals surface area contributed by atoms with Crippen LogP contribution in [0.3, 0.4) is 0 Å². The molecule has 1 amide bonds. The summed E-state index contributed by atoms with van der Waals surface area (Å²) >= 11 is 1.82. The Morgan fingerprint density at radius 2 is 1.67 bits per heavy atom. The summed E-state index contributed by atoms with van der Waals surface area (Å²) in [5, 5.41) is 3.54. The third kappa shape index (κ3) is 6.63. The highest BCUT2D eigenvalue weighted by atomic mass is 32.1. The number of benzene rings is 4. The van der Waals surface area contributed by atoms with Crippen LogP contribution in [0.15, 0.2) is 127 Å². The highest BCUT2D eigenvalue weighted by molar-refractivity contribution is 7.18. The van der Waals surface area contributed by atoms with Gasteiger partial charge < -0.3 is 4.74 Å². The molecule has 1 aromatic heterocycles. The Balaban J connectivity index is 1.29. The number of carbonyl (C=O) groups is 1. The summed E-state index contributed by atoms with van der Waals surface area (Å²) in [6, 6.07) is 33.0. The number of rotatable bonds is 8. The number of allylic oxidation sites excluding steroid dienone is 4. The summed E-state index contributed by atoms with van der Waals surface area (Å²) in [4.78, 5) is 14.2. The minimum absolute atomic E-state index is 0.00841. The molecule has 43 heavy (non-hydrogen) atoms. The van der Waals surface area contributed by atoms with Crippen molar-refractivity contribution in [1.82, 2.24) is 0 Å². The maximum atomic E-state index is 12.4. The summed E-state index contributed by atoms with van der Waals surface area (Å²) in [7, 11) is 0. The molecule has 5 heteroatoms. The molecule has 0 atom stereocenters. The van der Waals surface area contributed by atoms with E-state index in [9.17, 15) is 4.79 Å². The molecule has 0 bridgehead atoms. The van der Waals surface area contributed by atoms with Crippen molar-refractivity contribution >= 4 is 50.0 Å². The van der Waals surface area contributed by atoms with E-state index in [0.717, 1.165) is 36.2 Å². The van der Waals surface area contributed by atoms with Crippen molar-refractivity contribution in [2.24, 2.45) is 5.41 Å². The molecule has 6 rings (SSSR count). The molecule has 0 spiro atoms. The van der Waals surface area contributed by atoms with Crippen LogP contribution in [0.25, 0.3) is 27.1 Å². The maximum absolute atomic E-state index is 12.4. The number of anilines is 1. The minimum atomic E-state index is -0.00841. The number of para-hydroxylation sites is 2. The normalized spacial score (nSPS) is 15.7. The number of hydrogen-bond donors (Lipinski definition) is 0. The zero-order valence-electron chi connectivity index (χ0n) is 25.0. The standard InChI is InChI=1S/C38H37N2O2S/c1-28(41)39(32-14-5-4-6-15-32)21-20-29-24-30(27-38(2,3)26-29)25-37-40(34-17-9-10-19-36(34)43-37)22-23-42-35-18-11-13-31-12-7-8-16-33(31)35/h4-21,24-25H,22-23,26-27H2,1-3H3/q+1. The van der Waals surface area contributed by atoms with Gasteiger partial charge in [-0.15, -0.1) is 0 Å². The molecule has 0 N–H and O–H groups in total. The number of carbonyl (C=O) groups excluding carboxylic acids is 1. The number of ether oxygens (including phenoxy) is 1. The number of fused-ring (bicyclic) bond motifs is 2. The van der Waals surface area contributed by atoms with Crippen LogP contribution in [0, 0.1) is 5.41 Å². The van der Waals surface area contributed by atoms with E-state index in [0.29, 0.717) is 6.61 Å². The second kappa shape index (κ2) is 12.4. The molecule has 0 fully saturated rings. The second-order valence-corrected chi connectivity index (χ2v) is 12.9. The van der Waals surface area contributed by atoms with Gasteiger partial charge in [0.15, 0.2) is 6.54 Å². The van der Waals surface area contributed by atoms with Gasteiger partial charge in [-0.05, 0) is 65.1 Å². The molecule has 0 unspecified atom stereocenters. The number of hydrogen-bond acceptors (Lipinski definition) is 3. The van der Waals surface area contributed by atoms with E-state index < -0.39 is 0 Å². The Hall–Kier alpha value is -4.48. The number of thiazole rings is 1. The van der Waals surface area contributed by atoms with Gasteiger partial charge in [-0.2, -0.15) is 4.57 Å². The van der Waals surface area contributed by atoms with Crippen LogP contribution >= 0.6 is 11.3 Å². The molecule has 0 aliphatic heterocycles. The lowest BCUT2D eigenvalue weighted by Crippen LogP contribution is -2.38. The highest BCUT2D eigenvalue weighted by Crippen LogP contribution is 2.39. The van der Waals surface area contributed by atoms with Crippen molar-refractivity contribution < 1.29 is 14.1 Å². The average Bonchev–Trinajstić information content (AvgIpc) is 3.33. The van der Waals surface area contributed by atoms with Crippen LogP contribution in [0.2, 0.25) is 0 Å². The first-order chi connectivity index (χ1) is 20.9. The van der Waals surface area contributed by atoms with Gasteiger partial charge in [0.05, 0.1) is 0 Å². The van der Waals surface area contributed by atoms with Crippen molar-refractivity contribution in [3.05, 3.63) is 132 Å². The van der Waals surface area contributed by atoms with Crippen LogP contribution in [-0.4, -0.2) is 12.5 Å². The second-order valence-electron chi connectivity index (χ2n) is 11.9. The molecule has 1 aliphatic rings. The first-order valence-electron chi connectivity index (χ1n) is 14.8. The maximum Gasteiger partial charge on any atom is 0.263 e. The van der Waals surface area contributed by atoms with Crippen molar-refractivity contribution in [3.63, 3.8) is 0 Å². The summed E-state index contributed by atoms with van der Waals surface area (Å²) in [6.45, 7) is 7.56. The molecule has 1 heterocycles. The number of amides is 1. The van der Waals surface area contributed by atoms with Crippen LogP contribution < -0.4 is 14.2 Å². The lowest BCUT2D eigenvalue weighted by Gasteiger charge is -2.30. The molecule has 0 saturated heterocycles. The first kappa shape index (κ1) is 28.6. The van der Waals surface area contributed by atoms with E-state index in [1.165, 1.54) is 31.8 Å². The molecule has 5 aromatic rings. The van der Waals surface area contributed by atoms with Gasteiger partial charge in [0, 0.05) is 36.3 Å². The van der Waals surface area contributed by atoms with Crippen LogP contribution in [0.5, 0.6) is 5.75 Å². The fourth-order valence-electron chi connectivity index (χ4n) is 5.96. The Morgan fingerprint density at radius 3 is 2.51 bits per heavy atom. The van der Waals surface area contributed by atoms with Gasteiger partial charge in [0.1, 0.15) is 17.1 Å². The largest absolute Gasteiger partial charge is 0.486 e. The Morgan fingerprint density at radius 1 is 0.930 bits per heavy atom. The van der Waals surface area contributed by atoms with Crippen LogP contribution in [0.1, 0.15) is 38.6 Å². The predicted molar refractivity (Wildman–Crippen MR) is 179 cm³/mol. The zero-order chi connectivity index (χ0) is 29.8. The minimum Gasteiger partial charge on any atom is -0.486 e. The Labute approximate surface area is 257 Å². The predicted octanol–water partition coefficient (Wildman–Crippen LogP) is 9.12. The zero-order valence-corrected chi connectivity index (χ0v) is 25.8. The summed E-state index contributed by atoms with van der Waals surface area (Å²) in [5.41, 5.74) is 4.71. The molecule has 1 aliphatic carbocycles. The monoisotopic (exact) mass is 585 g/mol. The fourth-order valence-corrected chi connectivity index (χ4v) is 7.12. The van der Waals surface area contributed by atoms with Gasteiger partial charge in [-0.3, -0.25) is 9.69 Å². The third-order valence-electron chi connectivity index (χ3n) is 7.82. The van der Waals surface area contributed by atoms with Gasteiger partial charge in [0.2, 0.25) is 11.4 Å². The SMILES string of the molecule is CC(=O)N(C=CC1=CC(=Cc2sc3ccccc3[n+]2CCOc2cccc3ccccc23)CC(C)(C)C1)c1ccccc1. The van der Waals surface area contributed by atoms with Crippen LogP contribution in [0.4, 0.5) is 5.69 Å². The van der Waals surface area contributed by atoms with E-state index in [4.69, 9.17) is 4.74 Å². The van der Waals surface area contributed by atoms with Gasteiger partial charge in [0.25, 0.3) is 5.01 Å². The van der Waals surface area contributed by atoms with Crippen molar-refractivity contribution in [2.75, 3.05) is 11.5 Å². The Bertz CT molecular complexity index is 1860. The number of aromatic nitrogens is 1. The molecule has 4 nitrogen and oxygen atoms in total. The number of nitrogens with zero attached hydrogens (tertiary/aromatic N) is 2. The molecule has 0 saturated carbocycles. The van der Waals surface area contributed by atoms with E-state index in [2.05, 4.69) is 103 Å². The quantitative estimate of drug-likeness (QED) is 0.170. The summed E-state index contributed by atoms with van der Waals surface area (Å²) < 4.78 is 10.0. The molecular formula is C38H37N2O2S+. The van der Waals surface area contributed by atoms with Crippen molar-refractivity contribution in [1.29, 1.82) is 0 Å². The summed E-state index contributed by atoms with van der Waals surface area (Å²) in [6.07, 6.45) is 10.6.